The lowest BCUT2D eigenvalue weighted by Gasteiger charge is -2.41. The van der Waals surface area contributed by atoms with E-state index in [1.165, 1.54) is 6.07 Å². The number of alkyl halides is 3. The Morgan fingerprint density at radius 3 is 2.32 bits per heavy atom. The summed E-state index contributed by atoms with van der Waals surface area (Å²) in [5, 5.41) is 3.39. The number of benzene rings is 1. The van der Waals surface area contributed by atoms with Crippen molar-refractivity contribution in [1.29, 1.82) is 0 Å². The summed E-state index contributed by atoms with van der Waals surface area (Å²) in [6, 6.07) is 5.13. The van der Waals surface area contributed by atoms with Crippen molar-refractivity contribution in [3.8, 4) is 0 Å². The predicted octanol–water partition coefficient (Wildman–Crippen LogP) is 3.59. The van der Waals surface area contributed by atoms with Crippen molar-refractivity contribution in [3.63, 3.8) is 0 Å². The van der Waals surface area contributed by atoms with Gasteiger partial charge in [0, 0.05) is 19.6 Å². The topological polar surface area (TPSA) is 32.3 Å². The lowest BCUT2D eigenvalue weighted by atomic mass is 9.76. The third kappa shape index (κ3) is 3.54. The zero-order valence-corrected chi connectivity index (χ0v) is 14.7. The van der Waals surface area contributed by atoms with Crippen LogP contribution in [0, 0.1) is 5.41 Å². The van der Waals surface area contributed by atoms with Gasteiger partial charge in [0.2, 0.25) is 5.91 Å². The summed E-state index contributed by atoms with van der Waals surface area (Å²) < 4.78 is 38.9. The van der Waals surface area contributed by atoms with Crippen LogP contribution in [0.1, 0.15) is 44.2 Å². The van der Waals surface area contributed by atoms with Crippen LogP contribution >= 0.6 is 0 Å². The van der Waals surface area contributed by atoms with Gasteiger partial charge in [-0.05, 0) is 56.7 Å². The Kier molecular flexibility index (Phi) is 4.60. The standard InChI is InChI=1S/C19H25F3N2O/c1-17(2,14-4-3-5-15(12-14)19(20,21)22)16(25)24-10-7-18(8-11-24)6-9-23-13-18/h3-5,12,23H,6-11,13H2,1-2H3. The summed E-state index contributed by atoms with van der Waals surface area (Å²) >= 11 is 0. The molecule has 3 nitrogen and oxygen atoms in total. The summed E-state index contributed by atoms with van der Waals surface area (Å²) in [7, 11) is 0. The van der Waals surface area contributed by atoms with Crippen molar-refractivity contribution in [2.24, 2.45) is 5.41 Å². The van der Waals surface area contributed by atoms with Crippen LogP contribution < -0.4 is 5.32 Å². The molecule has 2 aliphatic heterocycles. The Morgan fingerprint density at radius 2 is 1.76 bits per heavy atom. The van der Waals surface area contributed by atoms with E-state index in [4.69, 9.17) is 0 Å². The minimum Gasteiger partial charge on any atom is -0.342 e. The maximum absolute atomic E-state index is 13.0. The fourth-order valence-corrected chi connectivity index (χ4v) is 4.01. The third-order valence-electron chi connectivity index (χ3n) is 5.89. The number of amides is 1. The lowest BCUT2D eigenvalue weighted by molar-refractivity contribution is -0.140. The Balaban J connectivity index is 1.75. The van der Waals surface area contributed by atoms with Gasteiger partial charge < -0.3 is 10.2 Å². The number of halogens is 3. The predicted molar refractivity (Wildman–Crippen MR) is 90.2 cm³/mol. The Hall–Kier alpha value is -1.56. The SMILES string of the molecule is CC(C)(C(=O)N1CCC2(CCNC2)CC1)c1cccc(C(F)(F)F)c1. The molecule has 0 atom stereocenters. The van der Waals surface area contributed by atoms with Crippen LogP contribution in [-0.4, -0.2) is 37.0 Å². The van der Waals surface area contributed by atoms with E-state index >= 15 is 0 Å². The highest BCUT2D eigenvalue weighted by atomic mass is 19.4. The van der Waals surface area contributed by atoms with Gasteiger partial charge in [0.1, 0.15) is 0 Å². The van der Waals surface area contributed by atoms with E-state index in [0.717, 1.165) is 44.5 Å². The van der Waals surface area contributed by atoms with Crippen molar-refractivity contribution in [2.75, 3.05) is 26.2 Å². The minimum absolute atomic E-state index is 0.0902. The maximum Gasteiger partial charge on any atom is 0.416 e. The van der Waals surface area contributed by atoms with Crippen molar-refractivity contribution in [1.82, 2.24) is 10.2 Å². The van der Waals surface area contributed by atoms with Crippen LogP contribution in [0.15, 0.2) is 24.3 Å². The second-order valence-electron chi connectivity index (χ2n) is 7.92. The average Bonchev–Trinajstić information content (AvgIpc) is 3.02. The van der Waals surface area contributed by atoms with Crippen molar-refractivity contribution in [2.45, 2.75) is 44.7 Å². The molecule has 1 N–H and O–H groups in total. The van der Waals surface area contributed by atoms with Crippen LogP contribution in [0.2, 0.25) is 0 Å². The molecule has 0 aliphatic carbocycles. The number of likely N-dealkylation sites (tertiary alicyclic amines) is 1. The van der Waals surface area contributed by atoms with E-state index in [1.54, 1.807) is 19.9 Å². The van der Waals surface area contributed by atoms with Gasteiger partial charge in [-0.1, -0.05) is 18.2 Å². The highest BCUT2D eigenvalue weighted by molar-refractivity contribution is 5.87. The first-order valence-electron chi connectivity index (χ1n) is 8.82. The Labute approximate surface area is 146 Å². The van der Waals surface area contributed by atoms with Crippen molar-refractivity contribution in [3.05, 3.63) is 35.4 Å². The average molecular weight is 354 g/mol. The molecular formula is C19H25F3N2O. The van der Waals surface area contributed by atoms with E-state index in [9.17, 15) is 18.0 Å². The number of carbonyl (C=O) groups is 1. The summed E-state index contributed by atoms with van der Waals surface area (Å²) in [5.74, 6) is -0.0902. The maximum atomic E-state index is 13.0. The quantitative estimate of drug-likeness (QED) is 0.880. The van der Waals surface area contributed by atoms with Crippen LogP contribution in [0.3, 0.4) is 0 Å². The van der Waals surface area contributed by atoms with Crippen molar-refractivity contribution >= 4 is 5.91 Å². The van der Waals surface area contributed by atoms with Crippen LogP contribution in [0.5, 0.6) is 0 Å². The highest BCUT2D eigenvalue weighted by Gasteiger charge is 2.42. The highest BCUT2D eigenvalue weighted by Crippen LogP contribution is 2.39. The molecule has 138 valence electrons. The minimum atomic E-state index is -4.40. The lowest BCUT2D eigenvalue weighted by Crippen LogP contribution is -2.49. The van der Waals surface area contributed by atoms with Gasteiger partial charge in [0.25, 0.3) is 0 Å². The molecule has 3 rings (SSSR count). The molecule has 0 radical (unpaired) electrons. The first kappa shape index (κ1) is 18.2. The number of rotatable bonds is 2. The van der Waals surface area contributed by atoms with E-state index in [2.05, 4.69) is 5.32 Å². The summed E-state index contributed by atoms with van der Waals surface area (Å²) in [5.41, 5.74) is -0.966. The third-order valence-corrected chi connectivity index (χ3v) is 5.89. The molecule has 2 heterocycles. The number of hydrogen-bond acceptors (Lipinski definition) is 2. The molecule has 6 heteroatoms. The van der Waals surface area contributed by atoms with E-state index < -0.39 is 17.2 Å². The van der Waals surface area contributed by atoms with E-state index in [0.29, 0.717) is 24.1 Å². The molecule has 2 saturated heterocycles. The molecule has 1 spiro atoms. The summed E-state index contributed by atoms with van der Waals surface area (Å²) in [4.78, 5) is 14.8. The molecular weight excluding hydrogens is 329 g/mol. The fraction of sp³-hybridized carbons (Fsp3) is 0.632. The number of carbonyl (C=O) groups excluding carboxylic acids is 1. The molecule has 0 unspecified atom stereocenters. The normalized spacial score (nSPS) is 20.9. The van der Waals surface area contributed by atoms with Crippen LogP contribution in [0.4, 0.5) is 13.2 Å². The summed E-state index contributed by atoms with van der Waals surface area (Å²) in [6.07, 6.45) is -1.33. The number of piperidine rings is 1. The van der Waals surface area contributed by atoms with Gasteiger partial charge in [-0.3, -0.25) is 4.79 Å². The number of nitrogens with one attached hydrogen (secondary N) is 1. The van der Waals surface area contributed by atoms with Crippen LogP contribution in [0.25, 0.3) is 0 Å². The van der Waals surface area contributed by atoms with Gasteiger partial charge in [0.15, 0.2) is 0 Å². The van der Waals surface area contributed by atoms with Gasteiger partial charge in [-0.15, -0.1) is 0 Å². The molecule has 2 fully saturated rings. The molecule has 1 amide bonds. The Morgan fingerprint density at radius 1 is 1.12 bits per heavy atom. The van der Waals surface area contributed by atoms with E-state index in [-0.39, 0.29) is 5.91 Å². The molecule has 0 saturated carbocycles. The second-order valence-corrected chi connectivity index (χ2v) is 7.92. The monoisotopic (exact) mass is 354 g/mol. The molecule has 2 aliphatic rings. The molecule has 1 aromatic carbocycles. The van der Waals surface area contributed by atoms with Gasteiger partial charge in [-0.25, -0.2) is 0 Å². The zero-order chi connectivity index (χ0) is 18.3. The van der Waals surface area contributed by atoms with E-state index in [1.807, 2.05) is 4.90 Å². The first-order chi connectivity index (χ1) is 11.6. The smallest absolute Gasteiger partial charge is 0.342 e. The molecule has 0 aromatic heterocycles. The largest absolute Gasteiger partial charge is 0.416 e. The number of nitrogens with zero attached hydrogens (tertiary/aromatic N) is 1. The van der Waals surface area contributed by atoms with Gasteiger partial charge >= 0.3 is 6.18 Å². The zero-order valence-electron chi connectivity index (χ0n) is 14.7. The second kappa shape index (κ2) is 6.31. The summed E-state index contributed by atoms with van der Waals surface area (Å²) in [6.45, 7) is 6.83. The number of hydrogen-bond donors (Lipinski definition) is 1. The molecule has 1 aromatic rings. The molecule has 25 heavy (non-hydrogen) atoms. The van der Waals surface area contributed by atoms with Crippen LogP contribution in [-0.2, 0) is 16.4 Å². The van der Waals surface area contributed by atoms with Gasteiger partial charge in [0.05, 0.1) is 11.0 Å². The fourth-order valence-electron chi connectivity index (χ4n) is 4.01. The Bertz CT molecular complexity index is 638. The first-order valence-corrected chi connectivity index (χ1v) is 8.82. The molecule has 0 bridgehead atoms. The van der Waals surface area contributed by atoms with Gasteiger partial charge in [-0.2, -0.15) is 13.2 Å². The van der Waals surface area contributed by atoms with Crippen molar-refractivity contribution < 1.29 is 18.0 Å².